The maximum atomic E-state index is 13.1. The number of aromatic nitrogens is 1. The number of anilines is 1. The molecule has 0 saturated carbocycles. The van der Waals surface area contributed by atoms with Gasteiger partial charge in [0.05, 0.1) is 31.7 Å². The summed E-state index contributed by atoms with van der Waals surface area (Å²) in [4.78, 5) is 32.1. The van der Waals surface area contributed by atoms with Crippen molar-refractivity contribution in [1.29, 1.82) is 0 Å². The zero-order chi connectivity index (χ0) is 29.9. The summed E-state index contributed by atoms with van der Waals surface area (Å²) in [5.74, 6) is 1.46. The summed E-state index contributed by atoms with van der Waals surface area (Å²) in [5, 5.41) is 4.28. The highest BCUT2D eigenvalue weighted by Gasteiger charge is 2.19. The molecule has 5 aromatic rings. The van der Waals surface area contributed by atoms with Crippen molar-refractivity contribution in [3.05, 3.63) is 111 Å². The predicted octanol–water partition coefficient (Wildman–Crippen LogP) is 6.18. The van der Waals surface area contributed by atoms with Crippen molar-refractivity contribution >= 4 is 33.4 Å². The Labute approximate surface area is 251 Å². The number of fused-ring (bicyclic) bond motifs is 3. The molecule has 1 aliphatic rings. The zero-order valence-corrected chi connectivity index (χ0v) is 25.0. The molecule has 0 atom stereocenters. The number of benzene rings is 4. The molecular formula is C36H37N3O4. The summed E-state index contributed by atoms with van der Waals surface area (Å²) < 4.78 is 11.0. The molecule has 4 aromatic carbocycles. The highest BCUT2D eigenvalue weighted by Crippen LogP contribution is 2.33. The Morgan fingerprint density at radius 2 is 1.60 bits per heavy atom. The van der Waals surface area contributed by atoms with Gasteiger partial charge in [-0.15, -0.1) is 0 Å². The Hall–Kier alpha value is -4.62. The fourth-order valence-electron chi connectivity index (χ4n) is 6.15. The van der Waals surface area contributed by atoms with E-state index < -0.39 is 0 Å². The van der Waals surface area contributed by atoms with Gasteiger partial charge in [0.2, 0.25) is 5.91 Å². The third-order valence-electron chi connectivity index (χ3n) is 8.49. The van der Waals surface area contributed by atoms with Crippen LogP contribution in [-0.4, -0.2) is 43.1 Å². The minimum atomic E-state index is -0.120. The molecule has 0 spiro atoms. The molecule has 220 valence electrons. The van der Waals surface area contributed by atoms with E-state index in [0.717, 1.165) is 78.2 Å². The monoisotopic (exact) mass is 575 g/mol. The van der Waals surface area contributed by atoms with Crippen LogP contribution in [0.15, 0.2) is 77.6 Å². The second kappa shape index (κ2) is 12.3. The van der Waals surface area contributed by atoms with Gasteiger partial charge >= 0.3 is 0 Å². The number of hydrogen-bond acceptors (Lipinski definition) is 5. The predicted molar refractivity (Wildman–Crippen MR) is 172 cm³/mol. The molecule has 1 aromatic heterocycles. The lowest BCUT2D eigenvalue weighted by atomic mass is 9.98. The molecule has 0 unspecified atom stereocenters. The average Bonchev–Trinajstić information content (AvgIpc) is 3.02. The molecule has 0 aliphatic carbocycles. The Bertz CT molecular complexity index is 1860. The van der Waals surface area contributed by atoms with Gasteiger partial charge in [0.25, 0.3) is 0 Å². The molecule has 0 radical (unpaired) electrons. The molecule has 7 nitrogen and oxygen atoms in total. The first-order valence-electron chi connectivity index (χ1n) is 14.8. The van der Waals surface area contributed by atoms with Gasteiger partial charge in [-0.05, 0) is 96.9 Å². The van der Waals surface area contributed by atoms with Gasteiger partial charge in [-0.2, -0.15) is 0 Å². The van der Waals surface area contributed by atoms with Crippen LogP contribution in [0.25, 0.3) is 21.8 Å². The minimum Gasteiger partial charge on any atom is -0.493 e. The maximum Gasteiger partial charge on any atom is 0.228 e. The van der Waals surface area contributed by atoms with Crippen molar-refractivity contribution in [3.8, 4) is 11.5 Å². The Morgan fingerprint density at radius 1 is 0.907 bits per heavy atom. The number of nitrogens with zero attached hydrogens (tertiary/aromatic N) is 1. The van der Waals surface area contributed by atoms with Crippen molar-refractivity contribution in [2.45, 2.75) is 39.2 Å². The number of aromatic amines is 1. The number of aryl methyl sites for hydroxylation is 2. The zero-order valence-electron chi connectivity index (χ0n) is 25.0. The Kier molecular flexibility index (Phi) is 8.16. The first-order valence-corrected chi connectivity index (χ1v) is 14.8. The number of hydrogen-bond donors (Lipinski definition) is 2. The van der Waals surface area contributed by atoms with Crippen molar-refractivity contribution in [3.63, 3.8) is 0 Å². The average molecular weight is 576 g/mol. The van der Waals surface area contributed by atoms with Gasteiger partial charge in [0, 0.05) is 29.5 Å². The lowest BCUT2D eigenvalue weighted by Crippen LogP contribution is -2.31. The Morgan fingerprint density at radius 3 is 2.35 bits per heavy atom. The number of para-hydroxylation sites is 2. The smallest absolute Gasteiger partial charge is 0.228 e. The SMILES string of the molecule is COc1cc2c(cc1OC)CN(CCCc1ccc(NC(=O)Cc3cccc4c(=O)c5cccc(C)c5[nH]c34)cc1)CC2. The maximum absolute atomic E-state index is 13.1. The fraction of sp³-hybridized carbons (Fsp3) is 0.278. The summed E-state index contributed by atoms with van der Waals surface area (Å²) in [7, 11) is 3.36. The summed E-state index contributed by atoms with van der Waals surface area (Å²) >= 11 is 0. The molecule has 1 amide bonds. The minimum absolute atomic E-state index is 0.0173. The Balaban J connectivity index is 1.04. The van der Waals surface area contributed by atoms with Crippen LogP contribution in [0.5, 0.6) is 11.5 Å². The normalized spacial score (nSPS) is 13.2. The number of carbonyl (C=O) groups is 1. The van der Waals surface area contributed by atoms with E-state index in [1.54, 1.807) is 14.2 Å². The van der Waals surface area contributed by atoms with Crippen LogP contribution in [0.1, 0.15) is 34.2 Å². The van der Waals surface area contributed by atoms with Crippen LogP contribution < -0.4 is 20.2 Å². The number of amides is 1. The first-order chi connectivity index (χ1) is 20.9. The van der Waals surface area contributed by atoms with Crippen LogP contribution in [0.3, 0.4) is 0 Å². The summed E-state index contributed by atoms with van der Waals surface area (Å²) in [6.07, 6.45) is 3.21. The van der Waals surface area contributed by atoms with Gasteiger partial charge in [-0.1, -0.05) is 36.4 Å². The van der Waals surface area contributed by atoms with E-state index in [2.05, 4.69) is 39.5 Å². The van der Waals surface area contributed by atoms with Crippen molar-refractivity contribution in [2.24, 2.45) is 0 Å². The van der Waals surface area contributed by atoms with Gasteiger partial charge in [0.1, 0.15) is 0 Å². The van der Waals surface area contributed by atoms with E-state index in [-0.39, 0.29) is 17.8 Å². The van der Waals surface area contributed by atoms with Gasteiger partial charge < -0.3 is 19.8 Å². The molecule has 1 aliphatic heterocycles. The largest absolute Gasteiger partial charge is 0.493 e. The van der Waals surface area contributed by atoms with E-state index in [9.17, 15) is 9.59 Å². The van der Waals surface area contributed by atoms with Crippen molar-refractivity contribution in [2.75, 3.05) is 32.6 Å². The summed E-state index contributed by atoms with van der Waals surface area (Å²) in [6.45, 7) is 4.95. The number of methoxy groups -OCH3 is 2. The first kappa shape index (κ1) is 28.5. The summed E-state index contributed by atoms with van der Waals surface area (Å²) in [6, 6.07) is 23.6. The van der Waals surface area contributed by atoms with Gasteiger partial charge in [-0.3, -0.25) is 14.5 Å². The van der Waals surface area contributed by atoms with E-state index in [4.69, 9.17) is 9.47 Å². The van der Waals surface area contributed by atoms with Crippen LogP contribution in [0.4, 0.5) is 5.69 Å². The number of ether oxygens (including phenoxy) is 2. The lowest BCUT2D eigenvalue weighted by molar-refractivity contribution is -0.115. The number of pyridine rings is 1. The molecule has 6 rings (SSSR count). The van der Waals surface area contributed by atoms with E-state index in [1.807, 2.05) is 55.5 Å². The van der Waals surface area contributed by atoms with Crippen LogP contribution in [-0.2, 0) is 30.6 Å². The van der Waals surface area contributed by atoms with Gasteiger partial charge in [-0.25, -0.2) is 0 Å². The molecule has 2 heterocycles. The highest BCUT2D eigenvalue weighted by atomic mass is 16.5. The fourth-order valence-corrected chi connectivity index (χ4v) is 6.15. The number of nitrogens with one attached hydrogen (secondary N) is 2. The molecule has 0 saturated heterocycles. The number of carbonyl (C=O) groups excluding carboxylic acids is 1. The number of H-pyrrole nitrogens is 1. The van der Waals surface area contributed by atoms with Crippen LogP contribution >= 0.6 is 0 Å². The highest BCUT2D eigenvalue weighted by molar-refractivity contribution is 5.98. The van der Waals surface area contributed by atoms with Crippen LogP contribution in [0.2, 0.25) is 0 Å². The third-order valence-corrected chi connectivity index (χ3v) is 8.49. The molecule has 0 bridgehead atoms. The molecule has 0 fully saturated rings. The van der Waals surface area contributed by atoms with E-state index in [1.165, 1.54) is 16.7 Å². The van der Waals surface area contributed by atoms with Crippen molar-refractivity contribution < 1.29 is 14.3 Å². The lowest BCUT2D eigenvalue weighted by Gasteiger charge is -2.29. The third kappa shape index (κ3) is 5.99. The molecular weight excluding hydrogens is 538 g/mol. The number of rotatable bonds is 9. The molecule has 7 heteroatoms. The molecule has 43 heavy (non-hydrogen) atoms. The molecule has 2 N–H and O–H groups in total. The second-order valence-electron chi connectivity index (χ2n) is 11.3. The van der Waals surface area contributed by atoms with E-state index >= 15 is 0 Å². The van der Waals surface area contributed by atoms with Crippen LogP contribution in [0, 0.1) is 6.92 Å². The topological polar surface area (TPSA) is 83.7 Å². The van der Waals surface area contributed by atoms with Gasteiger partial charge in [0.15, 0.2) is 16.9 Å². The second-order valence-corrected chi connectivity index (χ2v) is 11.3. The standard InChI is InChI=1S/C36H37N3O4/c1-23-7-4-10-29-34(23)38-35-26(9-5-11-30(35)36(29)41)21-33(40)37-28-14-12-24(13-15-28)8-6-17-39-18-16-25-19-31(42-2)32(43-3)20-27(25)22-39/h4-5,7,9-15,19-20H,6,8,16-18,21-22H2,1-3H3,(H,37,40)(H,38,41). The van der Waals surface area contributed by atoms with E-state index in [0.29, 0.717) is 10.8 Å². The van der Waals surface area contributed by atoms with Crippen molar-refractivity contribution in [1.82, 2.24) is 9.88 Å². The summed E-state index contributed by atoms with van der Waals surface area (Å²) in [5.41, 5.74) is 7.97. The quantitative estimate of drug-likeness (QED) is 0.205.